The second-order valence-electron chi connectivity index (χ2n) is 7.08. The SMILES string of the molecule is Clc1cnc(N(CC2CC2)CC2CC2)cc1CNC1CC1. The largest absolute Gasteiger partial charge is 0.356 e. The first-order valence-electron chi connectivity index (χ1n) is 8.40. The summed E-state index contributed by atoms with van der Waals surface area (Å²) in [5.41, 5.74) is 1.20. The summed E-state index contributed by atoms with van der Waals surface area (Å²) in [4.78, 5) is 7.12. The predicted molar refractivity (Wildman–Crippen MR) is 86.8 cm³/mol. The number of nitrogens with one attached hydrogen (secondary N) is 1. The van der Waals surface area contributed by atoms with E-state index in [2.05, 4.69) is 21.3 Å². The summed E-state index contributed by atoms with van der Waals surface area (Å²) in [5, 5.41) is 4.35. The number of aromatic nitrogens is 1. The first kappa shape index (κ1) is 13.8. The zero-order valence-electron chi connectivity index (χ0n) is 12.5. The second-order valence-corrected chi connectivity index (χ2v) is 7.49. The Bertz CT molecular complexity index is 493. The van der Waals surface area contributed by atoms with Crippen LogP contribution in [0.5, 0.6) is 0 Å². The molecule has 1 aromatic rings. The summed E-state index contributed by atoms with van der Waals surface area (Å²) >= 11 is 6.32. The maximum absolute atomic E-state index is 6.32. The third-order valence-corrected chi connectivity index (χ3v) is 5.09. The average Bonchev–Trinajstić information content (AvgIpc) is 3.34. The molecule has 114 valence electrons. The van der Waals surface area contributed by atoms with Crippen molar-refractivity contribution in [3.8, 4) is 0 Å². The van der Waals surface area contributed by atoms with Gasteiger partial charge in [0.05, 0.1) is 5.02 Å². The number of pyridine rings is 1. The van der Waals surface area contributed by atoms with Crippen LogP contribution in [0, 0.1) is 11.8 Å². The smallest absolute Gasteiger partial charge is 0.128 e. The van der Waals surface area contributed by atoms with Crippen molar-refractivity contribution in [2.45, 2.75) is 51.1 Å². The molecule has 21 heavy (non-hydrogen) atoms. The normalized spacial score (nSPS) is 21.6. The molecule has 1 N–H and O–H groups in total. The third kappa shape index (κ3) is 3.89. The molecule has 4 heteroatoms. The van der Waals surface area contributed by atoms with Gasteiger partial charge in [0.15, 0.2) is 0 Å². The number of nitrogens with zero attached hydrogens (tertiary/aromatic N) is 2. The molecule has 3 aliphatic rings. The summed E-state index contributed by atoms with van der Waals surface area (Å²) in [6, 6.07) is 2.93. The molecular formula is C17H24ClN3. The topological polar surface area (TPSA) is 28.2 Å². The highest BCUT2D eigenvalue weighted by molar-refractivity contribution is 6.31. The molecule has 3 nitrogen and oxygen atoms in total. The molecule has 3 fully saturated rings. The molecule has 0 spiro atoms. The lowest BCUT2D eigenvalue weighted by atomic mass is 10.2. The van der Waals surface area contributed by atoms with Crippen molar-refractivity contribution in [1.82, 2.24) is 10.3 Å². The molecule has 0 bridgehead atoms. The van der Waals surface area contributed by atoms with Crippen molar-refractivity contribution in [3.05, 3.63) is 22.8 Å². The number of hydrogen-bond acceptors (Lipinski definition) is 3. The van der Waals surface area contributed by atoms with Crippen LogP contribution in [0.25, 0.3) is 0 Å². The van der Waals surface area contributed by atoms with Gasteiger partial charge in [-0.15, -0.1) is 0 Å². The van der Waals surface area contributed by atoms with E-state index in [1.807, 2.05) is 6.20 Å². The second kappa shape index (κ2) is 5.77. The number of hydrogen-bond donors (Lipinski definition) is 1. The number of rotatable bonds is 8. The van der Waals surface area contributed by atoms with E-state index >= 15 is 0 Å². The van der Waals surface area contributed by atoms with Crippen molar-refractivity contribution in [3.63, 3.8) is 0 Å². The Kier molecular flexibility index (Phi) is 3.80. The quantitative estimate of drug-likeness (QED) is 0.795. The van der Waals surface area contributed by atoms with Gasteiger partial charge >= 0.3 is 0 Å². The van der Waals surface area contributed by atoms with Gasteiger partial charge in [0, 0.05) is 31.9 Å². The van der Waals surface area contributed by atoms with Gasteiger partial charge in [-0.05, 0) is 62.0 Å². The maximum atomic E-state index is 6.32. The van der Waals surface area contributed by atoms with E-state index < -0.39 is 0 Å². The molecule has 1 aromatic heterocycles. The Hall–Kier alpha value is -0.800. The molecule has 3 saturated carbocycles. The van der Waals surface area contributed by atoms with Gasteiger partial charge in [-0.2, -0.15) is 0 Å². The summed E-state index contributed by atoms with van der Waals surface area (Å²) in [7, 11) is 0. The lowest BCUT2D eigenvalue weighted by molar-refractivity contribution is 0.666. The van der Waals surface area contributed by atoms with E-state index in [9.17, 15) is 0 Å². The van der Waals surface area contributed by atoms with Crippen molar-refractivity contribution in [2.24, 2.45) is 11.8 Å². The molecule has 0 radical (unpaired) electrons. The van der Waals surface area contributed by atoms with Gasteiger partial charge in [-0.25, -0.2) is 4.98 Å². The molecule has 0 atom stereocenters. The highest BCUT2D eigenvalue weighted by Crippen LogP contribution is 2.35. The molecule has 0 aromatic carbocycles. The van der Waals surface area contributed by atoms with Crippen LogP contribution < -0.4 is 10.2 Å². The zero-order chi connectivity index (χ0) is 14.2. The first-order valence-corrected chi connectivity index (χ1v) is 8.78. The Morgan fingerprint density at radius 2 is 1.76 bits per heavy atom. The molecule has 3 aliphatic carbocycles. The number of anilines is 1. The standard InChI is InChI=1S/C17H24ClN3/c18-16-9-20-17(7-14(16)8-19-15-5-6-15)21(10-12-1-2-12)11-13-3-4-13/h7,9,12-13,15,19H,1-6,8,10-11H2. The molecule has 0 aliphatic heterocycles. The fourth-order valence-electron chi connectivity index (χ4n) is 2.80. The summed E-state index contributed by atoms with van der Waals surface area (Å²) in [6.07, 6.45) is 10.0. The van der Waals surface area contributed by atoms with E-state index in [0.717, 1.165) is 29.2 Å². The van der Waals surface area contributed by atoms with Crippen LogP contribution in [0.2, 0.25) is 5.02 Å². The number of halogens is 1. The van der Waals surface area contributed by atoms with Gasteiger partial charge in [0.1, 0.15) is 5.82 Å². The zero-order valence-corrected chi connectivity index (χ0v) is 13.3. The van der Waals surface area contributed by atoms with E-state index in [1.54, 1.807) is 0 Å². The third-order valence-electron chi connectivity index (χ3n) is 4.75. The van der Waals surface area contributed by atoms with Crippen LogP contribution in [0.4, 0.5) is 5.82 Å². The minimum Gasteiger partial charge on any atom is -0.356 e. The Morgan fingerprint density at radius 3 is 2.33 bits per heavy atom. The van der Waals surface area contributed by atoms with Crippen LogP contribution in [0.15, 0.2) is 12.3 Å². The van der Waals surface area contributed by atoms with Crippen molar-refractivity contribution in [2.75, 3.05) is 18.0 Å². The minimum absolute atomic E-state index is 0.715. The van der Waals surface area contributed by atoms with Gasteiger partial charge in [-0.3, -0.25) is 0 Å². The van der Waals surface area contributed by atoms with Crippen molar-refractivity contribution in [1.29, 1.82) is 0 Å². The van der Waals surface area contributed by atoms with Crippen LogP contribution in [-0.2, 0) is 6.54 Å². The molecule has 1 heterocycles. The fourth-order valence-corrected chi connectivity index (χ4v) is 2.97. The average molecular weight is 306 g/mol. The molecule has 4 rings (SSSR count). The van der Waals surface area contributed by atoms with Crippen LogP contribution in [0.1, 0.15) is 44.1 Å². The molecule has 0 unspecified atom stereocenters. The maximum Gasteiger partial charge on any atom is 0.128 e. The fraction of sp³-hybridized carbons (Fsp3) is 0.706. The van der Waals surface area contributed by atoms with E-state index in [4.69, 9.17) is 11.6 Å². The van der Waals surface area contributed by atoms with Crippen molar-refractivity contribution < 1.29 is 0 Å². The Labute approximate surface area is 132 Å². The van der Waals surface area contributed by atoms with E-state index in [1.165, 1.54) is 57.2 Å². The first-order chi connectivity index (χ1) is 10.3. The summed E-state index contributed by atoms with van der Waals surface area (Å²) < 4.78 is 0. The van der Waals surface area contributed by atoms with E-state index in [0.29, 0.717) is 6.04 Å². The highest BCUT2D eigenvalue weighted by atomic mass is 35.5. The Morgan fingerprint density at radius 1 is 1.10 bits per heavy atom. The summed E-state index contributed by atoms with van der Waals surface area (Å²) in [5.74, 6) is 2.93. The molecular weight excluding hydrogens is 282 g/mol. The van der Waals surface area contributed by atoms with Crippen LogP contribution >= 0.6 is 11.6 Å². The molecule has 0 amide bonds. The highest BCUT2D eigenvalue weighted by Gasteiger charge is 2.30. The lowest BCUT2D eigenvalue weighted by Gasteiger charge is -2.24. The van der Waals surface area contributed by atoms with Gasteiger partial charge < -0.3 is 10.2 Å². The summed E-state index contributed by atoms with van der Waals surface area (Å²) in [6.45, 7) is 3.24. The Balaban J connectivity index is 1.48. The van der Waals surface area contributed by atoms with Gasteiger partial charge in [0.2, 0.25) is 0 Å². The monoisotopic (exact) mass is 305 g/mol. The molecule has 0 saturated heterocycles. The predicted octanol–water partition coefficient (Wildman–Crippen LogP) is 3.61. The van der Waals surface area contributed by atoms with Crippen LogP contribution in [-0.4, -0.2) is 24.1 Å². The van der Waals surface area contributed by atoms with Gasteiger partial charge in [0.25, 0.3) is 0 Å². The van der Waals surface area contributed by atoms with Crippen LogP contribution in [0.3, 0.4) is 0 Å². The minimum atomic E-state index is 0.715. The van der Waals surface area contributed by atoms with Crippen molar-refractivity contribution >= 4 is 17.4 Å². The van der Waals surface area contributed by atoms with E-state index in [-0.39, 0.29) is 0 Å². The lowest BCUT2D eigenvalue weighted by Crippen LogP contribution is -2.29. The van der Waals surface area contributed by atoms with Gasteiger partial charge in [-0.1, -0.05) is 11.6 Å².